The highest BCUT2D eigenvalue weighted by Gasteiger charge is 2.41. The average Bonchev–Trinajstić information content (AvgIpc) is 2.02. The van der Waals surface area contributed by atoms with Gasteiger partial charge in [-0.25, -0.2) is 0 Å². The molecule has 0 radical (unpaired) electrons. The van der Waals surface area contributed by atoms with Crippen molar-refractivity contribution in [2.24, 2.45) is 0 Å². The van der Waals surface area contributed by atoms with E-state index in [4.69, 9.17) is 5.11 Å². The molecule has 0 saturated heterocycles. The third kappa shape index (κ3) is 2.41. The summed E-state index contributed by atoms with van der Waals surface area (Å²) < 4.78 is 36.2. The van der Waals surface area contributed by atoms with Crippen LogP contribution in [0.15, 0.2) is 22.8 Å². The zero-order chi connectivity index (χ0) is 10.1. The van der Waals surface area contributed by atoms with Crippen molar-refractivity contribution in [3.05, 3.63) is 28.5 Å². The van der Waals surface area contributed by atoms with Gasteiger partial charge in [0.25, 0.3) is 0 Å². The van der Waals surface area contributed by atoms with Gasteiger partial charge in [-0.15, -0.1) is 0 Å². The predicted molar refractivity (Wildman–Crippen MR) is 43.0 cm³/mol. The van der Waals surface area contributed by atoms with Crippen LogP contribution in [0.1, 0.15) is 11.8 Å². The molecule has 1 rings (SSSR count). The molecule has 0 aliphatic carbocycles. The average molecular weight is 256 g/mol. The van der Waals surface area contributed by atoms with Gasteiger partial charge in [-0.3, -0.25) is 4.98 Å². The molecule has 0 bridgehead atoms. The molecule has 0 aliphatic heterocycles. The van der Waals surface area contributed by atoms with Gasteiger partial charge in [0.15, 0.2) is 6.10 Å². The standard InChI is InChI=1S/C7H5BrF3NO/c8-4-2-1-3-12-5(4)6(13)7(9,10)11/h1-3,6,13H. The van der Waals surface area contributed by atoms with Gasteiger partial charge in [0.2, 0.25) is 0 Å². The van der Waals surface area contributed by atoms with Crippen LogP contribution < -0.4 is 0 Å². The molecule has 0 fully saturated rings. The molecule has 6 heteroatoms. The number of aliphatic hydroxyl groups excluding tert-OH is 1. The van der Waals surface area contributed by atoms with Crippen LogP contribution in [0.3, 0.4) is 0 Å². The largest absolute Gasteiger partial charge is 0.420 e. The maximum absolute atomic E-state index is 12.0. The van der Waals surface area contributed by atoms with Crippen LogP contribution in [-0.2, 0) is 0 Å². The van der Waals surface area contributed by atoms with E-state index in [1.54, 1.807) is 0 Å². The Morgan fingerprint density at radius 2 is 2.08 bits per heavy atom. The molecule has 0 amide bonds. The summed E-state index contributed by atoms with van der Waals surface area (Å²) >= 11 is 2.87. The van der Waals surface area contributed by atoms with Crippen molar-refractivity contribution < 1.29 is 18.3 Å². The molecular weight excluding hydrogens is 251 g/mol. The lowest BCUT2D eigenvalue weighted by atomic mass is 10.2. The summed E-state index contributed by atoms with van der Waals surface area (Å²) in [6.45, 7) is 0. The van der Waals surface area contributed by atoms with Gasteiger partial charge < -0.3 is 5.11 Å². The van der Waals surface area contributed by atoms with Crippen molar-refractivity contribution in [2.75, 3.05) is 0 Å². The zero-order valence-electron chi connectivity index (χ0n) is 6.22. The predicted octanol–water partition coefficient (Wildman–Crippen LogP) is 2.44. The highest BCUT2D eigenvalue weighted by Crippen LogP contribution is 2.34. The highest BCUT2D eigenvalue weighted by atomic mass is 79.9. The van der Waals surface area contributed by atoms with Gasteiger partial charge in [-0.05, 0) is 28.1 Å². The number of halogens is 4. The second-order valence-corrected chi connectivity index (χ2v) is 3.17. The van der Waals surface area contributed by atoms with Crippen LogP contribution in [0.4, 0.5) is 13.2 Å². The van der Waals surface area contributed by atoms with E-state index in [-0.39, 0.29) is 4.47 Å². The van der Waals surface area contributed by atoms with Crippen molar-refractivity contribution >= 4 is 15.9 Å². The third-order valence-corrected chi connectivity index (χ3v) is 2.03. The van der Waals surface area contributed by atoms with E-state index >= 15 is 0 Å². The first-order valence-electron chi connectivity index (χ1n) is 3.28. The lowest BCUT2D eigenvalue weighted by Crippen LogP contribution is -2.21. The molecule has 72 valence electrons. The number of rotatable bonds is 1. The quantitative estimate of drug-likeness (QED) is 0.837. The van der Waals surface area contributed by atoms with E-state index in [9.17, 15) is 13.2 Å². The van der Waals surface area contributed by atoms with Crippen LogP contribution in [-0.4, -0.2) is 16.3 Å². The van der Waals surface area contributed by atoms with Crippen LogP contribution in [0.5, 0.6) is 0 Å². The second-order valence-electron chi connectivity index (χ2n) is 2.31. The molecule has 1 unspecified atom stereocenters. The fourth-order valence-electron chi connectivity index (χ4n) is 0.754. The molecule has 0 spiro atoms. The molecule has 2 nitrogen and oxygen atoms in total. The third-order valence-electron chi connectivity index (χ3n) is 1.36. The van der Waals surface area contributed by atoms with Crippen molar-refractivity contribution in [1.82, 2.24) is 4.98 Å². The maximum atomic E-state index is 12.0. The van der Waals surface area contributed by atoms with E-state index in [0.717, 1.165) is 0 Å². The molecule has 0 aliphatic rings. The first-order chi connectivity index (χ1) is 5.93. The summed E-state index contributed by atoms with van der Waals surface area (Å²) in [5.74, 6) is 0. The minimum Gasteiger partial charge on any atom is -0.378 e. The molecule has 13 heavy (non-hydrogen) atoms. The Morgan fingerprint density at radius 3 is 2.54 bits per heavy atom. The monoisotopic (exact) mass is 255 g/mol. The fourth-order valence-corrected chi connectivity index (χ4v) is 1.23. The van der Waals surface area contributed by atoms with Gasteiger partial charge in [-0.2, -0.15) is 13.2 Å². The van der Waals surface area contributed by atoms with Gasteiger partial charge in [0.05, 0.1) is 5.69 Å². The van der Waals surface area contributed by atoms with Crippen LogP contribution in [0.25, 0.3) is 0 Å². The Labute approximate surface area is 80.5 Å². The zero-order valence-corrected chi connectivity index (χ0v) is 7.80. The SMILES string of the molecule is OC(c1ncccc1Br)C(F)(F)F. The Bertz CT molecular complexity index is 302. The van der Waals surface area contributed by atoms with E-state index in [2.05, 4.69) is 20.9 Å². The summed E-state index contributed by atoms with van der Waals surface area (Å²) in [6, 6.07) is 2.86. The molecule has 1 heterocycles. The molecule has 0 saturated carbocycles. The lowest BCUT2D eigenvalue weighted by molar-refractivity contribution is -0.208. The van der Waals surface area contributed by atoms with Crippen LogP contribution >= 0.6 is 15.9 Å². The van der Waals surface area contributed by atoms with Gasteiger partial charge in [0, 0.05) is 10.7 Å². The molecule has 1 aromatic heterocycles. The van der Waals surface area contributed by atoms with Crippen LogP contribution in [0.2, 0.25) is 0 Å². The topological polar surface area (TPSA) is 33.1 Å². The Balaban J connectivity index is 3.02. The minimum absolute atomic E-state index is 0.139. The number of pyridine rings is 1. The first-order valence-corrected chi connectivity index (χ1v) is 4.07. The van der Waals surface area contributed by atoms with Gasteiger partial charge in [0.1, 0.15) is 0 Å². The number of nitrogens with zero attached hydrogens (tertiary/aromatic N) is 1. The molecule has 1 N–H and O–H groups in total. The summed E-state index contributed by atoms with van der Waals surface area (Å²) in [5.41, 5.74) is -0.421. The van der Waals surface area contributed by atoms with Crippen molar-refractivity contribution in [3.63, 3.8) is 0 Å². The molecule has 0 aromatic carbocycles. The lowest BCUT2D eigenvalue weighted by Gasteiger charge is -2.14. The second kappa shape index (κ2) is 3.63. The Kier molecular flexibility index (Phi) is 2.92. The van der Waals surface area contributed by atoms with Gasteiger partial charge >= 0.3 is 6.18 Å². The molecule has 1 atom stereocenters. The van der Waals surface area contributed by atoms with Gasteiger partial charge in [-0.1, -0.05) is 0 Å². The number of hydrogen-bond acceptors (Lipinski definition) is 2. The fraction of sp³-hybridized carbons (Fsp3) is 0.286. The number of hydrogen-bond donors (Lipinski definition) is 1. The molecule has 1 aromatic rings. The summed E-state index contributed by atoms with van der Waals surface area (Å²) in [6.07, 6.45) is -6.03. The van der Waals surface area contributed by atoms with E-state index in [1.807, 2.05) is 0 Å². The maximum Gasteiger partial charge on any atom is 0.420 e. The summed E-state index contributed by atoms with van der Waals surface area (Å²) in [5, 5.41) is 8.82. The van der Waals surface area contributed by atoms with Crippen molar-refractivity contribution in [2.45, 2.75) is 12.3 Å². The van der Waals surface area contributed by atoms with Crippen molar-refractivity contribution in [1.29, 1.82) is 0 Å². The summed E-state index contributed by atoms with van der Waals surface area (Å²) in [4.78, 5) is 3.43. The normalized spacial score (nSPS) is 14.2. The van der Waals surface area contributed by atoms with E-state index in [1.165, 1.54) is 18.3 Å². The Hall–Kier alpha value is -0.620. The molecular formula is C7H5BrF3NO. The minimum atomic E-state index is -4.68. The number of aromatic nitrogens is 1. The summed E-state index contributed by atoms with van der Waals surface area (Å²) in [7, 11) is 0. The smallest absolute Gasteiger partial charge is 0.378 e. The van der Waals surface area contributed by atoms with Crippen molar-refractivity contribution in [3.8, 4) is 0 Å². The van der Waals surface area contributed by atoms with E-state index in [0.29, 0.717) is 0 Å². The van der Waals surface area contributed by atoms with E-state index < -0.39 is 18.0 Å². The highest BCUT2D eigenvalue weighted by molar-refractivity contribution is 9.10. The van der Waals surface area contributed by atoms with Crippen LogP contribution in [0, 0.1) is 0 Å². The Morgan fingerprint density at radius 1 is 1.46 bits per heavy atom. The first kappa shape index (κ1) is 10.5. The number of aliphatic hydroxyl groups is 1. The number of alkyl halides is 3.